The van der Waals surface area contributed by atoms with Crippen LogP contribution in [0.1, 0.15) is 37.7 Å². The lowest BCUT2D eigenvalue weighted by Crippen LogP contribution is -2.36. The molecule has 2 aromatic heterocycles. The Labute approximate surface area is 176 Å². The number of rotatable bonds is 5. The standard InChI is InChI=1S/C22H28N6O2/c1-15-13-16(28-9-11-29-12-10-28)7-8-18(15)25-22-26-20-19(23-14-24-20)21(27-22)30-17-5-3-2-4-6-17/h7-8,13-14,17H,2-6,9-12H2,1H3,(H2,23,24,25,26,27)/p+1. The van der Waals surface area contributed by atoms with Gasteiger partial charge in [0.05, 0.1) is 19.5 Å². The van der Waals surface area contributed by atoms with Crippen LogP contribution in [0, 0.1) is 6.92 Å². The zero-order chi connectivity index (χ0) is 20.3. The highest BCUT2D eigenvalue weighted by Gasteiger charge is 2.23. The molecule has 3 aromatic rings. The summed E-state index contributed by atoms with van der Waals surface area (Å²) in [5, 5.41) is 3.42. The molecule has 30 heavy (non-hydrogen) atoms. The minimum atomic E-state index is 0.242. The summed E-state index contributed by atoms with van der Waals surface area (Å²) in [6, 6.07) is 6.46. The lowest BCUT2D eigenvalue weighted by Gasteiger charge is -2.29. The number of aromatic nitrogens is 4. The third-order valence-electron chi connectivity index (χ3n) is 5.97. The largest absolute Gasteiger partial charge is 0.463 e. The molecule has 2 aliphatic rings. The van der Waals surface area contributed by atoms with Crippen molar-refractivity contribution in [3.8, 4) is 5.88 Å². The quantitative estimate of drug-likeness (QED) is 0.672. The summed E-state index contributed by atoms with van der Waals surface area (Å²) in [6.45, 7) is 5.54. The van der Waals surface area contributed by atoms with E-state index >= 15 is 0 Å². The molecule has 1 aliphatic heterocycles. The summed E-state index contributed by atoms with van der Waals surface area (Å²) in [5.74, 6) is 1.33. The number of hydrogen-bond acceptors (Lipinski definition) is 6. The van der Waals surface area contributed by atoms with Crippen molar-refractivity contribution in [2.24, 2.45) is 0 Å². The molecule has 1 aromatic carbocycles. The fourth-order valence-corrected chi connectivity index (χ4v) is 4.27. The number of aromatic amines is 2. The molecule has 0 radical (unpaired) electrons. The van der Waals surface area contributed by atoms with Crippen molar-refractivity contribution >= 4 is 28.5 Å². The number of fused-ring (bicyclic) bond motifs is 1. The van der Waals surface area contributed by atoms with Crippen molar-refractivity contribution in [1.82, 2.24) is 15.0 Å². The first kappa shape index (κ1) is 19.1. The fourth-order valence-electron chi connectivity index (χ4n) is 4.27. The summed E-state index contributed by atoms with van der Waals surface area (Å²) in [6.07, 6.45) is 7.83. The van der Waals surface area contributed by atoms with Crippen molar-refractivity contribution in [3.63, 3.8) is 0 Å². The van der Waals surface area contributed by atoms with Crippen LogP contribution in [0.4, 0.5) is 17.3 Å². The van der Waals surface area contributed by atoms with E-state index in [0.717, 1.165) is 55.9 Å². The molecule has 0 spiro atoms. The first-order valence-corrected chi connectivity index (χ1v) is 10.9. The van der Waals surface area contributed by atoms with E-state index in [4.69, 9.17) is 9.47 Å². The van der Waals surface area contributed by atoms with Crippen molar-refractivity contribution in [1.29, 1.82) is 0 Å². The smallest absolute Gasteiger partial charge is 0.399 e. The van der Waals surface area contributed by atoms with Gasteiger partial charge < -0.3 is 19.4 Å². The number of hydrogen-bond donors (Lipinski definition) is 2. The summed E-state index contributed by atoms with van der Waals surface area (Å²) in [5.41, 5.74) is 4.85. The Morgan fingerprint density at radius 3 is 2.83 bits per heavy atom. The fraction of sp³-hybridized carbons (Fsp3) is 0.500. The van der Waals surface area contributed by atoms with Crippen molar-refractivity contribution in [2.75, 3.05) is 36.5 Å². The van der Waals surface area contributed by atoms with Crippen LogP contribution in [0.25, 0.3) is 11.2 Å². The maximum Gasteiger partial charge on any atom is 0.399 e. The van der Waals surface area contributed by atoms with Crippen LogP contribution >= 0.6 is 0 Å². The topological polar surface area (TPSA) is 89.4 Å². The van der Waals surface area contributed by atoms with E-state index in [1.54, 1.807) is 6.33 Å². The van der Waals surface area contributed by atoms with Gasteiger partial charge in [0.1, 0.15) is 11.8 Å². The van der Waals surface area contributed by atoms with Crippen LogP contribution in [0.3, 0.4) is 0 Å². The van der Waals surface area contributed by atoms with Gasteiger partial charge in [-0.05, 0) is 61.4 Å². The Kier molecular flexibility index (Phi) is 5.40. The molecule has 3 heterocycles. The van der Waals surface area contributed by atoms with Crippen LogP contribution in [0.5, 0.6) is 5.88 Å². The molecule has 8 nitrogen and oxygen atoms in total. The number of nitrogens with zero attached hydrogens (tertiary/aromatic N) is 3. The highest BCUT2D eigenvalue weighted by atomic mass is 16.5. The van der Waals surface area contributed by atoms with Crippen LogP contribution in [-0.4, -0.2) is 47.4 Å². The molecule has 0 amide bonds. The molecule has 0 bridgehead atoms. The molecule has 1 aliphatic carbocycles. The Morgan fingerprint density at radius 2 is 2.03 bits per heavy atom. The summed E-state index contributed by atoms with van der Waals surface area (Å²) < 4.78 is 11.8. The van der Waals surface area contributed by atoms with E-state index in [1.165, 1.54) is 24.9 Å². The van der Waals surface area contributed by atoms with Crippen LogP contribution < -0.4 is 19.9 Å². The van der Waals surface area contributed by atoms with Gasteiger partial charge in [0, 0.05) is 18.8 Å². The van der Waals surface area contributed by atoms with E-state index in [-0.39, 0.29) is 6.10 Å². The van der Waals surface area contributed by atoms with Crippen molar-refractivity contribution in [3.05, 3.63) is 30.1 Å². The Balaban J connectivity index is 1.38. The highest BCUT2D eigenvalue weighted by Crippen LogP contribution is 2.27. The number of nitrogens with one attached hydrogen (secondary N) is 3. The number of ether oxygens (including phenoxy) is 2. The lowest BCUT2D eigenvalue weighted by atomic mass is 9.98. The second-order valence-electron chi connectivity index (χ2n) is 8.12. The molecule has 8 heteroatoms. The predicted octanol–water partition coefficient (Wildman–Crippen LogP) is 3.37. The highest BCUT2D eigenvalue weighted by molar-refractivity contribution is 5.75. The SMILES string of the molecule is Cc1cc(N2CCOCC2)ccc1Nc1nc2nc[nH]c2c(OC2CCCCC2)[nH+]1. The van der Waals surface area contributed by atoms with Crippen molar-refractivity contribution in [2.45, 2.75) is 45.1 Å². The van der Waals surface area contributed by atoms with Gasteiger partial charge in [-0.3, -0.25) is 0 Å². The average Bonchev–Trinajstić information content (AvgIpc) is 3.26. The maximum atomic E-state index is 6.31. The molecule has 2 fully saturated rings. The Hall–Kier alpha value is -2.87. The molecule has 0 unspecified atom stereocenters. The lowest BCUT2D eigenvalue weighted by molar-refractivity contribution is -0.382. The second-order valence-corrected chi connectivity index (χ2v) is 8.12. The third-order valence-corrected chi connectivity index (χ3v) is 5.97. The van der Waals surface area contributed by atoms with Gasteiger partial charge >= 0.3 is 5.95 Å². The molecule has 1 saturated carbocycles. The number of benzene rings is 1. The van der Waals surface area contributed by atoms with Crippen LogP contribution in [0.2, 0.25) is 0 Å². The third kappa shape index (κ3) is 4.05. The zero-order valence-electron chi connectivity index (χ0n) is 17.4. The monoisotopic (exact) mass is 409 g/mol. The van der Waals surface area contributed by atoms with E-state index in [0.29, 0.717) is 17.5 Å². The van der Waals surface area contributed by atoms with Gasteiger partial charge in [-0.2, -0.15) is 0 Å². The van der Waals surface area contributed by atoms with E-state index in [1.807, 2.05) is 0 Å². The summed E-state index contributed by atoms with van der Waals surface area (Å²) in [7, 11) is 0. The number of aryl methyl sites for hydroxylation is 1. The van der Waals surface area contributed by atoms with E-state index in [9.17, 15) is 0 Å². The first-order valence-electron chi connectivity index (χ1n) is 10.9. The predicted molar refractivity (Wildman–Crippen MR) is 115 cm³/mol. The minimum absolute atomic E-state index is 0.242. The molecule has 5 rings (SSSR count). The van der Waals surface area contributed by atoms with Gasteiger partial charge in [0.25, 0.3) is 11.5 Å². The molecule has 0 atom stereocenters. The van der Waals surface area contributed by atoms with Crippen molar-refractivity contribution < 1.29 is 14.5 Å². The van der Waals surface area contributed by atoms with Gasteiger partial charge in [-0.25, -0.2) is 15.3 Å². The van der Waals surface area contributed by atoms with E-state index < -0.39 is 0 Å². The molecular weight excluding hydrogens is 380 g/mol. The maximum absolute atomic E-state index is 6.31. The van der Waals surface area contributed by atoms with Crippen LogP contribution in [0.15, 0.2) is 24.5 Å². The molecule has 158 valence electrons. The van der Waals surface area contributed by atoms with Gasteiger partial charge in [0.15, 0.2) is 5.52 Å². The molecule has 3 N–H and O–H groups in total. The van der Waals surface area contributed by atoms with Gasteiger partial charge in [0.2, 0.25) is 0 Å². The molecule has 1 saturated heterocycles. The normalized spacial score (nSPS) is 18.0. The molecular formula is C22H29N6O2+. The minimum Gasteiger partial charge on any atom is -0.463 e. The van der Waals surface area contributed by atoms with Gasteiger partial charge in [-0.1, -0.05) is 6.42 Å². The number of imidazole rings is 1. The first-order chi connectivity index (χ1) is 14.8. The summed E-state index contributed by atoms with van der Waals surface area (Å²) in [4.78, 5) is 17.8. The Bertz CT molecular complexity index is 1010. The van der Waals surface area contributed by atoms with E-state index in [2.05, 4.69) is 55.3 Å². The Morgan fingerprint density at radius 1 is 1.20 bits per heavy atom. The van der Waals surface area contributed by atoms with Gasteiger partial charge in [-0.15, -0.1) is 0 Å². The second kappa shape index (κ2) is 8.47. The number of anilines is 3. The number of H-pyrrole nitrogens is 2. The number of morpholine rings is 1. The average molecular weight is 410 g/mol. The zero-order valence-corrected chi connectivity index (χ0v) is 17.4. The summed E-state index contributed by atoms with van der Waals surface area (Å²) >= 11 is 0. The van der Waals surface area contributed by atoms with Crippen LogP contribution in [-0.2, 0) is 4.74 Å².